The first-order valence-corrected chi connectivity index (χ1v) is 6.18. The van der Waals surface area contributed by atoms with E-state index in [9.17, 15) is 5.11 Å². The first-order valence-electron chi connectivity index (χ1n) is 6.18. The molecule has 0 aromatic heterocycles. The molecule has 1 rings (SSSR count). The van der Waals surface area contributed by atoms with Crippen molar-refractivity contribution in [3.05, 3.63) is 0 Å². The molecule has 0 bridgehead atoms. The van der Waals surface area contributed by atoms with Gasteiger partial charge in [0.2, 0.25) is 0 Å². The molecule has 15 heavy (non-hydrogen) atoms. The fourth-order valence-corrected chi connectivity index (χ4v) is 2.33. The Hall–Kier alpha value is -0.120. The van der Waals surface area contributed by atoms with Gasteiger partial charge in [0.25, 0.3) is 0 Å². The minimum atomic E-state index is -0.205. The first-order chi connectivity index (χ1) is 7.11. The molecule has 1 saturated carbocycles. The van der Waals surface area contributed by atoms with Crippen molar-refractivity contribution in [1.29, 1.82) is 0 Å². The van der Waals surface area contributed by atoms with E-state index < -0.39 is 0 Å². The molecule has 1 fully saturated rings. The maximum absolute atomic E-state index is 9.87. The van der Waals surface area contributed by atoms with E-state index in [1.807, 2.05) is 0 Å². The van der Waals surface area contributed by atoms with Crippen molar-refractivity contribution >= 4 is 0 Å². The second-order valence-electron chi connectivity index (χ2n) is 4.99. The molecule has 1 aliphatic carbocycles. The predicted molar refractivity (Wildman–Crippen MR) is 61.8 cm³/mol. The van der Waals surface area contributed by atoms with Crippen LogP contribution in [-0.4, -0.2) is 34.5 Å². The zero-order valence-corrected chi connectivity index (χ0v) is 10.00. The van der Waals surface area contributed by atoms with Gasteiger partial charge in [0.15, 0.2) is 0 Å². The van der Waals surface area contributed by atoms with Gasteiger partial charge < -0.3 is 15.5 Å². The Labute approximate surface area is 92.9 Å². The molecule has 0 heterocycles. The molecule has 3 unspecified atom stereocenters. The topological polar surface area (TPSA) is 52.5 Å². The number of aliphatic hydroxyl groups is 2. The van der Waals surface area contributed by atoms with Crippen molar-refractivity contribution < 1.29 is 10.2 Å². The summed E-state index contributed by atoms with van der Waals surface area (Å²) in [7, 11) is 0. The van der Waals surface area contributed by atoms with E-state index in [1.54, 1.807) is 0 Å². The van der Waals surface area contributed by atoms with Gasteiger partial charge >= 0.3 is 0 Å². The predicted octanol–water partition coefficient (Wildman–Crippen LogP) is 1.43. The Morgan fingerprint density at radius 2 is 2.00 bits per heavy atom. The molecule has 3 atom stereocenters. The number of nitrogens with one attached hydrogen (secondary N) is 1. The van der Waals surface area contributed by atoms with Gasteiger partial charge in [-0.1, -0.05) is 19.8 Å². The molecular weight excluding hydrogens is 190 g/mol. The van der Waals surface area contributed by atoms with Crippen LogP contribution in [-0.2, 0) is 0 Å². The molecule has 0 aromatic rings. The number of hydrogen-bond acceptors (Lipinski definition) is 3. The zero-order valence-electron chi connectivity index (χ0n) is 10.00. The van der Waals surface area contributed by atoms with Gasteiger partial charge in [0.1, 0.15) is 0 Å². The van der Waals surface area contributed by atoms with Crippen molar-refractivity contribution in [1.82, 2.24) is 5.32 Å². The molecule has 90 valence electrons. The highest BCUT2D eigenvalue weighted by atomic mass is 16.3. The number of rotatable bonds is 5. The highest BCUT2D eigenvalue weighted by Gasteiger charge is 2.30. The van der Waals surface area contributed by atoms with Crippen LogP contribution in [0.4, 0.5) is 0 Å². The van der Waals surface area contributed by atoms with Gasteiger partial charge in [0.05, 0.1) is 6.10 Å². The Bertz CT molecular complexity index is 186. The standard InChI is InChI=1S/C12H25NO2/c1-3-12(2,8-9-14)13-10-6-4-5-7-11(10)15/h10-11,13-15H,3-9H2,1-2H3. The quantitative estimate of drug-likeness (QED) is 0.650. The molecule has 3 N–H and O–H groups in total. The lowest BCUT2D eigenvalue weighted by Gasteiger charge is -2.38. The molecule has 0 radical (unpaired) electrons. The normalized spacial score (nSPS) is 31.2. The van der Waals surface area contributed by atoms with Crippen LogP contribution in [0, 0.1) is 0 Å². The molecule has 1 aliphatic rings. The van der Waals surface area contributed by atoms with Gasteiger partial charge in [-0.05, 0) is 32.6 Å². The lowest BCUT2D eigenvalue weighted by molar-refractivity contribution is 0.0672. The Morgan fingerprint density at radius 1 is 1.33 bits per heavy atom. The maximum Gasteiger partial charge on any atom is 0.0693 e. The van der Waals surface area contributed by atoms with Gasteiger partial charge in [-0.3, -0.25) is 0 Å². The number of aliphatic hydroxyl groups excluding tert-OH is 2. The van der Waals surface area contributed by atoms with Crippen LogP contribution in [0.15, 0.2) is 0 Å². The van der Waals surface area contributed by atoms with Crippen LogP contribution in [0.2, 0.25) is 0 Å². The Morgan fingerprint density at radius 3 is 2.53 bits per heavy atom. The van der Waals surface area contributed by atoms with Crippen molar-refractivity contribution in [3.8, 4) is 0 Å². The average molecular weight is 215 g/mol. The third-order valence-corrected chi connectivity index (χ3v) is 3.71. The van der Waals surface area contributed by atoms with Gasteiger partial charge in [-0.15, -0.1) is 0 Å². The smallest absolute Gasteiger partial charge is 0.0693 e. The summed E-state index contributed by atoms with van der Waals surface area (Å²) in [6.07, 6.45) is 5.85. The third-order valence-electron chi connectivity index (χ3n) is 3.71. The van der Waals surface area contributed by atoms with Crippen molar-refractivity contribution in [2.75, 3.05) is 6.61 Å². The molecular formula is C12H25NO2. The lowest BCUT2D eigenvalue weighted by atomic mass is 9.87. The molecule has 0 aliphatic heterocycles. The van der Waals surface area contributed by atoms with E-state index in [2.05, 4.69) is 19.2 Å². The van der Waals surface area contributed by atoms with E-state index in [0.717, 1.165) is 32.1 Å². The van der Waals surface area contributed by atoms with Crippen molar-refractivity contribution in [2.24, 2.45) is 0 Å². The van der Waals surface area contributed by atoms with Crippen LogP contribution in [0.1, 0.15) is 52.4 Å². The SMILES string of the molecule is CCC(C)(CCO)NC1CCCCC1O. The minimum Gasteiger partial charge on any atom is -0.396 e. The first kappa shape index (κ1) is 12.9. The summed E-state index contributed by atoms with van der Waals surface area (Å²) < 4.78 is 0. The molecule has 0 amide bonds. The van der Waals surface area contributed by atoms with Crippen LogP contribution in [0.3, 0.4) is 0 Å². The van der Waals surface area contributed by atoms with E-state index in [0.29, 0.717) is 0 Å². The van der Waals surface area contributed by atoms with E-state index >= 15 is 0 Å². The van der Waals surface area contributed by atoms with E-state index in [4.69, 9.17) is 5.11 Å². The Kier molecular flexibility index (Phi) is 5.03. The summed E-state index contributed by atoms with van der Waals surface area (Å²) in [5, 5.41) is 22.4. The van der Waals surface area contributed by atoms with E-state index in [1.165, 1.54) is 6.42 Å². The second kappa shape index (κ2) is 5.83. The van der Waals surface area contributed by atoms with Gasteiger partial charge in [0, 0.05) is 18.2 Å². The highest BCUT2D eigenvalue weighted by Crippen LogP contribution is 2.23. The molecule has 3 nitrogen and oxygen atoms in total. The van der Waals surface area contributed by atoms with Crippen LogP contribution < -0.4 is 5.32 Å². The van der Waals surface area contributed by atoms with Gasteiger partial charge in [-0.2, -0.15) is 0 Å². The van der Waals surface area contributed by atoms with Crippen LogP contribution in [0.5, 0.6) is 0 Å². The van der Waals surface area contributed by atoms with Crippen LogP contribution in [0.25, 0.3) is 0 Å². The summed E-state index contributed by atoms with van der Waals surface area (Å²) in [5.41, 5.74) is -0.0300. The largest absolute Gasteiger partial charge is 0.396 e. The average Bonchev–Trinajstić information content (AvgIpc) is 2.22. The van der Waals surface area contributed by atoms with E-state index in [-0.39, 0.29) is 24.3 Å². The monoisotopic (exact) mass is 215 g/mol. The fourth-order valence-electron chi connectivity index (χ4n) is 2.33. The van der Waals surface area contributed by atoms with Gasteiger partial charge in [-0.25, -0.2) is 0 Å². The Balaban J connectivity index is 2.49. The fraction of sp³-hybridized carbons (Fsp3) is 1.00. The van der Waals surface area contributed by atoms with Crippen LogP contribution >= 0.6 is 0 Å². The highest BCUT2D eigenvalue weighted by molar-refractivity contribution is 4.90. The number of hydrogen-bond donors (Lipinski definition) is 3. The molecule has 3 heteroatoms. The lowest BCUT2D eigenvalue weighted by Crippen LogP contribution is -2.53. The minimum absolute atomic E-state index is 0.0300. The molecule has 0 spiro atoms. The maximum atomic E-state index is 9.87. The molecule has 0 aromatic carbocycles. The second-order valence-corrected chi connectivity index (χ2v) is 4.99. The summed E-state index contributed by atoms with van der Waals surface area (Å²) in [5.74, 6) is 0. The summed E-state index contributed by atoms with van der Waals surface area (Å²) in [6.45, 7) is 4.46. The summed E-state index contributed by atoms with van der Waals surface area (Å²) >= 11 is 0. The third kappa shape index (κ3) is 3.74. The summed E-state index contributed by atoms with van der Waals surface area (Å²) in [6, 6.07) is 0.218. The van der Waals surface area contributed by atoms with Crippen molar-refractivity contribution in [2.45, 2.75) is 70.1 Å². The zero-order chi connectivity index (χ0) is 11.3. The summed E-state index contributed by atoms with van der Waals surface area (Å²) in [4.78, 5) is 0. The molecule has 0 saturated heterocycles. The van der Waals surface area contributed by atoms with Crippen molar-refractivity contribution in [3.63, 3.8) is 0 Å².